The lowest BCUT2D eigenvalue weighted by Gasteiger charge is -2.24. The molecule has 0 unspecified atom stereocenters. The van der Waals surface area contributed by atoms with Crippen LogP contribution in [0.5, 0.6) is 0 Å². The van der Waals surface area contributed by atoms with Crippen molar-refractivity contribution in [2.45, 2.75) is 24.4 Å². The molecule has 19 heavy (non-hydrogen) atoms. The minimum Gasteiger partial charge on any atom is -0.394 e. The number of carbonyl (C=O) groups excluding carboxylic acids is 1. The molecule has 106 valence electrons. The molecule has 0 saturated heterocycles. The molecule has 4 atom stereocenters. The van der Waals surface area contributed by atoms with Gasteiger partial charge in [0.1, 0.15) is 18.3 Å². The first-order chi connectivity index (χ1) is 8.97. The largest absolute Gasteiger partial charge is 0.394 e. The third-order valence-corrected chi connectivity index (χ3v) is 2.56. The van der Waals surface area contributed by atoms with Gasteiger partial charge in [0.05, 0.1) is 6.61 Å². The van der Waals surface area contributed by atoms with Crippen LogP contribution < -0.4 is 5.32 Å². The molecule has 1 amide bonds. The summed E-state index contributed by atoms with van der Waals surface area (Å²) in [7, 11) is 0. The number of hydrogen-bond donors (Lipinski definition) is 6. The minimum atomic E-state index is -1.93. The Labute approximate surface area is 109 Å². The summed E-state index contributed by atoms with van der Waals surface area (Å²) in [6.07, 6.45) is -7.32. The van der Waals surface area contributed by atoms with Gasteiger partial charge in [0.2, 0.25) is 0 Å². The number of para-hydroxylation sites is 1. The van der Waals surface area contributed by atoms with Crippen LogP contribution in [0.2, 0.25) is 0 Å². The summed E-state index contributed by atoms with van der Waals surface area (Å²) >= 11 is 0. The fourth-order valence-electron chi connectivity index (χ4n) is 1.42. The molecule has 7 nitrogen and oxygen atoms in total. The van der Waals surface area contributed by atoms with Crippen LogP contribution in [0.1, 0.15) is 0 Å². The van der Waals surface area contributed by atoms with E-state index in [0.717, 1.165) is 0 Å². The summed E-state index contributed by atoms with van der Waals surface area (Å²) in [5.74, 6) is -0.928. The van der Waals surface area contributed by atoms with Crippen LogP contribution in [0.25, 0.3) is 0 Å². The molecule has 0 fully saturated rings. The normalized spacial score (nSPS) is 17.3. The highest BCUT2D eigenvalue weighted by atomic mass is 16.4. The lowest BCUT2D eigenvalue weighted by molar-refractivity contribution is -0.144. The standard InChI is InChI=1S/C12H17NO6/c14-6-8(15)9(16)10(17)11(18)12(19)13-7-4-2-1-3-5-7/h1-5,8-11,14-18H,6H2,(H,13,19)/t8-,9+,10-,11-/m1/s1. The fraction of sp³-hybridized carbons (Fsp3) is 0.417. The Morgan fingerprint density at radius 3 is 2.16 bits per heavy atom. The lowest BCUT2D eigenvalue weighted by atomic mass is 10.0. The topological polar surface area (TPSA) is 130 Å². The Hall–Kier alpha value is -1.51. The molecule has 0 aromatic heterocycles. The summed E-state index contributed by atoms with van der Waals surface area (Å²) in [4.78, 5) is 11.6. The average Bonchev–Trinajstić information content (AvgIpc) is 2.44. The van der Waals surface area contributed by atoms with Gasteiger partial charge in [-0.25, -0.2) is 0 Å². The van der Waals surface area contributed by atoms with Gasteiger partial charge in [-0.1, -0.05) is 18.2 Å². The van der Waals surface area contributed by atoms with E-state index >= 15 is 0 Å². The van der Waals surface area contributed by atoms with Crippen LogP contribution in [0, 0.1) is 0 Å². The quantitative estimate of drug-likeness (QED) is 0.357. The molecule has 0 heterocycles. The molecule has 0 aliphatic heterocycles. The van der Waals surface area contributed by atoms with Gasteiger partial charge in [-0.3, -0.25) is 4.79 Å². The predicted molar refractivity (Wildman–Crippen MR) is 66.2 cm³/mol. The maximum absolute atomic E-state index is 11.6. The Balaban J connectivity index is 2.61. The van der Waals surface area contributed by atoms with E-state index in [1.165, 1.54) is 0 Å². The van der Waals surface area contributed by atoms with E-state index in [-0.39, 0.29) is 0 Å². The first kappa shape index (κ1) is 15.5. The second kappa shape index (κ2) is 7.17. The van der Waals surface area contributed by atoms with E-state index < -0.39 is 36.9 Å². The Morgan fingerprint density at radius 1 is 1.05 bits per heavy atom. The molecule has 1 aromatic rings. The van der Waals surface area contributed by atoms with E-state index in [4.69, 9.17) is 10.2 Å². The molecule has 0 aliphatic carbocycles. The molecule has 7 heteroatoms. The number of carbonyl (C=O) groups is 1. The summed E-state index contributed by atoms with van der Waals surface area (Å²) < 4.78 is 0. The number of hydrogen-bond acceptors (Lipinski definition) is 6. The summed E-state index contributed by atoms with van der Waals surface area (Å²) in [6, 6.07) is 8.24. The second-order valence-corrected chi connectivity index (χ2v) is 4.03. The number of rotatable bonds is 6. The SMILES string of the molecule is O=C(Nc1ccccc1)[C@H](O)[C@H](O)[C@@H](O)[C@H](O)CO. The monoisotopic (exact) mass is 271 g/mol. The van der Waals surface area contributed by atoms with Gasteiger partial charge in [0.25, 0.3) is 5.91 Å². The second-order valence-electron chi connectivity index (χ2n) is 4.03. The van der Waals surface area contributed by atoms with Gasteiger partial charge in [-0.05, 0) is 12.1 Å². The van der Waals surface area contributed by atoms with Crippen molar-refractivity contribution in [1.29, 1.82) is 0 Å². The van der Waals surface area contributed by atoms with Crippen LogP contribution in [0.4, 0.5) is 5.69 Å². The van der Waals surface area contributed by atoms with Gasteiger partial charge in [-0.15, -0.1) is 0 Å². The van der Waals surface area contributed by atoms with Gasteiger partial charge in [-0.2, -0.15) is 0 Å². The zero-order chi connectivity index (χ0) is 14.4. The first-order valence-corrected chi connectivity index (χ1v) is 5.66. The summed E-state index contributed by atoms with van der Waals surface area (Å²) in [5.41, 5.74) is 0.413. The van der Waals surface area contributed by atoms with Gasteiger partial charge in [0.15, 0.2) is 6.10 Å². The molecule has 0 radical (unpaired) electrons. The highest BCUT2D eigenvalue weighted by Crippen LogP contribution is 2.09. The fourth-order valence-corrected chi connectivity index (χ4v) is 1.42. The molecule has 6 N–H and O–H groups in total. The predicted octanol–water partition coefficient (Wildman–Crippen LogP) is -1.94. The van der Waals surface area contributed by atoms with Gasteiger partial charge >= 0.3 is 0 Å². The molecular formula is C12H17NO6. The van der Waals surface area contributed by atoms with Crippen LogP contribution in [0.3, 0.4) is 0 Å². The van der Waals surface area contributed by atoms with Crippen molar-refractivity contribution >= 4 is 11.6 Å². The molecule has 0 spiro atoms. The van der Waals surface area contributed by atoms with Crippen molar-refractivity contribution in [3.63, 3.8) is 0 Å². The van der Waals surface area contributed by atoms with Crippen LogP contribution in [0.15, 0.2) is 30.3 Å². The third-order valence-electron chi connectivity index (χ3n) is 2.56. The molecule has 1 rings (SSSR count). The smallest absolute Gasteiger partial charge is 0.256 e. The Morgan fingerprint density at radius 2 is 1.63 bits per heavy atom. The first-order valence-electron chi connectivity index (χ1n) is 5.66. The summed E-state index contributed by atoms with van der Waals surface area (Å²) in [5, 5.41) is 48.5. The Bertz CT molecular complexity index is 398. The van der Waals surface area contributed by atoms with Crippen molar-refractivity contribution in [2.24, 2.45) is 0 Å². The van der Waals surface area contributed by atoms with Crippen molar-refractivity contribution in [3.05, 3.63) is 30.3 Å². The van der Waals surface area contributed by atoms with Crippen LogP contribution in [-0.4, -0.2) is 62.5 Å². The van der Waals surface area contributed by atoms with E-state index in [9.17, 15) is 20.1 Å². The zero-order valence-corrected chi connectivity index (χ0v) is 10.0. The average molecular weight is 271 g/mol. The number of aliphatic hydroxyl groups excluding tert-OH is 5. The van der Waals surface area contributed by atoms with Gasteiger partial charge in [0, 0.05) is 5.69 Å². The van der Waals surface area contributed by atoms with Gasteiger partial charge < -0.3 is 30.8 Å². The van der Waals surface area contributed by atoms with E-state index in [2.05, 4.69) is 5.32 Å². The van der Waals surface area contributed by atoms with E-state index in [1.807, 2.05) is 0 Å². The Kier molecular flexibility index (Phi) is 5.87. The molecule has 0 bridgehead atoms. The minimum absolute atomic E-state index is 0.413. The molecule has 0 aliphatic rings. The number of aliphatic hydroxyl groups is 5. The highest BCUT2D eigenvalue weighted by Gasteiger charge is 2.34. The summed E-state index contributed by atoms with van der Waals surface area (Å²) in [6.45, 7) is -0.800. The number of nitrogens with one attached hydrogen (secondary N) is 1. The van der Waals surface area contributed by atoms with Crippen molar-refractivity contribution in [1.82, 2.24) is 0 Å². The van der Waals surface area contributed by atoms with E-state index in [1.54, 1.807) is 30.3 Å². The maximum atomic E-state index is 11.6. The van der Waals surface area contributed by atoms with Crippen LogP contribution in [-0.2, 0) is 4.79 Å². The number of benzene rings is 1. The molecular weight excluding hydrogens is 254 g/mol. The molecule has 0 saturated carbocycles. The highest BCUT2D eigenvalue weighted by molar-refractivity contribution is 5.94. The van der Waals surface area contributed by atoms with Crippen molar-refractivity contribution < 1.29 is 30.3 Å². The third kappa shape index (κ3) is 4.27. The van der Waals surface area contributed by atoms with Crippen molar-refractivity contribution in [3.8, 4) is 0 Å². The maximum Gasteiger partial charge on any atom is 0.256 e. The molecule has 1 aromatic carbocycles. The zero-order valence-electron chi connectivity index (χ0n) is 10.0. The number of anilines is 1. The lowest BCUT2D eigenvalue weighted by Crippen LogP contribution is -2.50. The van der Waals surface area contributed by atoms with Crippen molar-refractivity contribution in [2.75, 3.05) is 11.9 Å². The van der Waals surface area contributed by atoms with E-state index in [0.29, 0.717) is 5.69 Å². The van der Waals surface area contributed by atoms with Crippen LogP contribution >= 0.6 is 0 Å². The number of amides is 1.